The molecule has 1 fully saturated rings. The van der Waals surface area contributed by atoms with Crippen molar-refractivity contribution < 1.29 is 13.9 Å². The lowest BCUT2D eigenvalue weighted by Gasteiger charge is -2.34. The number of ether oxygens (including phenoxy) is 1. The number of halogens is 3. The van der Waals surface area contributed by atoms with Crippen LogP contribution in [-0.2, 0) is 17.9 Å². The molecule has 3 aliphatic heterocycles. The highest BCUT2D eigenvalue weighted by atomic mass is 35.5. The topological polar surface area (TPSA) is 88.5 Å². The average molecular weight is 536 g/mol. The van der Waals surface area contributed by atoms with Crippen LogP contribution in [0.3, 0.4) is 0 Å². The summed E-state index contributed by atoms with van der Waals surface area (Å²) in [7, 11) is 0. The van der Waals surface area contributed by atoms with Gasteiger partial charge in [0, 0.05) is 43.2 Å². The fourth-order valence-electron chi connectivity index (χ4n) is 5.43. The summed E-state index contributed by atoms with van der Waals surface area (Å²) in [5, 5.41) is 6.47. The van der Waals surface area contributed by atoms with Crippen LogP contribution in [-0.4, -0.2) is 52.6 Å². The predicted molar refractivity (Wildman–Crippen MR) is 140 cm³/mol. The van der Waals surface area contributed by atoms with Crippen molar-refractivity contribution in [1.82, 2.24) is 19.8 Å². The van der Waals surface area contributed by atoms with E-state index in [1.807, 2.05) is 18.2 Å². The molecule has 0 bridgehead atoms. The lowest BCUT2D eigenvalue weighted by atomic mass is 9.98. The number of benzene rings is 1. The maximum Gasteiger partial charge on any atom is 0.262 e. The summed E-state index contributed by atoms with van der Waals surface area (Å²) in [6.07, 6.45) is 3.27. The van der Waals surface area contributed by atoms with Crippen LogP contribution < -0.4 is 20.9 Å². The van der Waals surface area contributed by atoms with Gasteiger partial charge in [0.2, 0.25) is 0 Å². The standard InChI is InChI=1S/C25H26FN5O3.2ClH/c26-18-11-28-19-2-4-23(33)31-13-16(24(18)25(19)31)12-30-7-5-17(6-8-30)27-10-15-1-3-21-20(9-15)29-22(32)14-34-21;;/h1-4,9,11,16-17,27H,5-8,10,12-14H2,(H,29,32);2*1H/t16-;;/m1../s1. The Kier molecular flexibility index (Phi) is 7.85. The molecule has 1 saturated heterocycles. The molecule has 1 amide bonds. The van der Waals surface area contributed by atoms with Crippen molar-refractivity contribution in [3.05, 3.63) is 63.8 Å². The Hall–Kier alpha value is -2.72. The molecule has 0 unspecified atom stereocenters. The second-order valence-corrected chi connectivity index (χ2v) is 9.36. The summed E-state index contributed by atoms with van der Waals surface area (Å²) in [4.78, 5) is 30.4. The quantitative estimate of drug-likeness (QED) is 0.522. The third-order valence-corrected chi connectivity index (χ3v) is 7.14. The highest BCUT2D eigenvalue weighted by Gasteiger charge is 2.31. The molecule has 1 aromatic carbocycles. The molecule has 3 aromatic rings. The fraction of sp³-hybridized carbons (Fsp3) is 0.400. The number of hydrogen-bond acceptors (Lipinski definition) is 6. The van der Waals surface area contributed by atoms with E-state index >= 15 is 0 Å². The van der Waals surface area contributed by atoms with Gasteiger partial charge in [0.25, 0.3) is 11.5 Å². The Morgan fingerprint density at radius 3 is 2.75 bits per heavy atom. The Labute approximate surface area is 220 Å². The first kappa shape index (κ1) is 26.3. The molecular formula is C25H28Cl2FN5O3. The number of nitrogens with one attached hydrogen (secondary N) is 2. The maximum absolute atomic E-state index is 14.7. The van der Waals surface area contributed by atoms with Crippen LogP contribution in [0.5, 0.6) is 5.75 Å². The van der Waals surface area contributed by atoms with Crippen molar-refractivity contribution in [2.24, 2.45) is 0 Å². The van der Waals surface area contributed by atoms with E-state index in [1.165, 1.54) is 12.3 Å². The van der Waals surface area contributed by atoms with Crippen molar-refractivity contribution in [3.8, 4) is 5.75 Å². The van der Waals surface area contributed by atoms with Gasteiger partial charge >= 0.3 is 0 Å². The first-order valence-corrected chi connectivity index (χ1v) is 11.7. The van der Waals surface area contributed by atoms with Crippen LogP contribution in [0.4, 0.5) is 10.1 Å². The minimum Gasteiger partial charge on any atom is -0.482 e. The van der Waals surface area contributed by atoms with E-state index in [-0.39, 0.29) is 54.6 Å². The van der Waals surface area contributed by atoms with E-state index in [2.05, 4.69) is 20.5 Å². The van der Waals surface area contributed by atoms with Crippen LogP contribution in [0.1, 0.15) is 29.9 Å². The molecular weight excluding hydrogens is 508 g/mol. The number of fused-ring (bicyclic) bond motifs is 1. The molecule has 8 nitrogen and oxygen atoms in total. The van der Waals surface area contributed by atoms with Crippen LogP contribution in [0.2, 0.25) is 0 Å². The molecule has 1 atom stereocenters. The van der Waals surface area contributed by atoms with E-state index in [1.54, 1.807) is 10.6 Å². The van der Waals surface area contributed by atoms with Gasteiger partial charge in [-0.1, -0.05) is 6.07 Å². The van der Waals surface area contributed by atoms with E-state index in [4.69, 9.17) is 4.74 Å². The number of amides is 1. The van der Waals surface area contributed by atoms with Gasteiger partial charge in [-0.05, 0) is 49.7 Å². The third-order valence-electron chi connectivity index (χ3n) is 7.14. The SMILES string of the molecule is Cl.Cl.O=C1COc2ccc(CNC3CCN(C[C@@H]4Cn5c(=O)ccc6ncc(F)c4c65)CC3)cc2N1. The minimum atomic E-state index is -0.322. The number of hydrogen-bond donors (Lipinski definition) is 2. The monoisotopic (exact) mass is 535 g/mol. The van der Waals surface area contributed by atoms with Crippen molar-refractivity contribution in [1.29, 1.82) is 0 Å². The van der Waals surface area contributed by atoms with Crippen LogP contribution >= 0.6 is 24.8 Å². The van der Waals surface area contributed by atoms with Gasteiger partial charge in [0.05, 0.1) is 22.9 Å². The second-order valence-electron chi connectivity index (χ2n) is 9.36. The molecule has 6 rings (SSSR count). The molecule has 0 aliphatic carbocycles. The number of aromatic nitrogens is 2. The van der Waals surface area contributed by atoms with E-state index in [0.717, 1.165) is 50.3 Å². The summed E-state index contributed by atoms with van der Waals surface area (Å²) in [6, 6.07) is 9.46. The zero-order chi connectivity index (χ0) is 23.2. The number of rotatable bonds is 5. The van der Waals surface area contributed by atoms with Crippen molar-refractivity contribution >= 4 is 47.4 Å². The van der Waals surface area contributed by atoms with Gasteiger partial charge in [0.15, 0.2) is 6.61 Å². The van der Waals surface area contributed by atoms with Gasteiger partial charge in [-0.2, -0.15) is 0 Å². The van der Waals surface area contributed by atoms with Crippen LogP contribution in [0.25, 0.3) is 11.0 Å². The van der Waals surface area contributed by atoms with E-state index in [0.29, 0.717) is 34.9 Å². The van der Waals surface area contributed by atoms with Crippen molar-refractivity contribution in [2.75, 3.05) is 31.6 Å². The highest BCUT2D eigenvalue weighted by Crippen LogP contribution is 2.34. The molecule has 192 valence electrons. The van der Waals surface area contributed by atoms with E-state index in [9.17, 15) is 14.0 Å². The smallest absolute Gasteiger partial charge is 0.262 e. The molecule has 5 heterocycles. The van der Waals surface area contributed by atoms with Crippen molar-refractivity contribution in [3.63, 3.8) is 0 Å². The first-order valence-electron chi connectivity index (χ1n) is 11.7. The van der Waals surface area contributed by atoms with Gasteiger partial charge in [-0.15, -0.1) is 24.8 Å². The van der Waals surface area contributed by atoms with Gasteiger partial charge in [-0.3, -0.25) is 14.6 Å². The number of pyridine rings is 2. The molecule has 3 aliphatic rings. The molecule has 2 aromatic heterocycles. The van der Waals surface area contributed by atoms with E-state index < -0.39 is 0 Å². The number of carbonyl (C=O) groups excluding carboxylic acids is 1. The van der Waals surface area contributed by atoms with Crippen LogP contribution in [0.15, 0.2) is 41.3 Å². The Morgan fingerprint density at radius 1 is 1.14 bits per heavy atom. The minimum absolute atomic E-state index is 0. The Morgan fingerprint density at radius 2 is 1.94 bits per heavy atom. The third kappa shape index (κ3) is 4.93. The second kappa shape index (κ2) is 10.7. The summed E-state index contributed by atoms with van der Waals surface area (Å²) in [6.45, 7) is 3.85. The van der Waals surface area contributed by atoms with Crippen molar-refractivity contribution in [2.45, 2.75) is 37.9 Å². The lowest BCUT2D eigenvalue weighted by Crippen LogP contribution is -2.43. The predicted octanol–water partition coefficient (Wildman–Crippen LogP) is 3.06. The molecule has 2 N–H and O–H groups in total. The first-order chi connectivity index (χ1) is 16.5. The number of piperidine rings is 1. The Bertz CT molecular complexity index is 1340. The number of nitrogens with zero attached hydrogens (tertiary/aromatic N) is 3. The normalized spacial score (nSPS) is 19.1. The lowest BCUT2D eigenvalue weighted by molar-refractivity contribution is -0.118. The zero-order valence-corrected chi connectivity index (χ0v) is 21.2. The van der Waals surface area contributed by atoms with Gasteiger partial charge in [0.1, 0.15) is 11.6 Å². The molecule has 0 spiro atoms. The van der Waals surface area contributed by atoms with Gasteiger partial charge < -0.3 is 24.8 Å². The average Bonchev–Trinajstić information content (AvgIpc) is 3.23. The van der Waals surface area contributed by atoms with Crippen LogP contribution in [0, 0.1) is 5.82 Å². The number of carbonyl (C=O) groups is 1. The molecule has 11 heteroatoms. The summed E-state index contributed by atoms with van der Waals surface area (Å²) >= 11 is 0. The zero-order valence-electron chi connectivity index (χ0n) is 19.5. The Balaban J connectivity index is 0.00000152. The highest BCUT2D eigenvalue weighted by molar-refractivity contribution is 5.95. The molecule has 0 saturated carbocycles. The fourth-order valence-corrected chi connectivity index (χ4v) is 5.43. The number of likely N-dealkylation sites (tertiary alicyclic amines) is 1. The summed E-state index contributed by atoms with van der Waals surface area (Å²) in [5.41, 5.74) is 3.68. The summed E-state index contributed by atoms with van der Waals surface area (Å²) in [5.74, 6) is 0.207. The molecule has 0 radical (unpaired) electrons. The summed E-state index contributed by atoms with van der Waals surface area (Å²) < 4.78 is 21.8. The maximum atomic E-state index is 14.7. The number of anilines is 1. The van der Waals surface area contributed by atoms with Gasteiger partial charge in [-0.25, -0.2) is 4.39 Å². The largest absolute Gasteiger partial charge is 0.482 e. The molecule has 36 heavy (non-hydrogen) atoms.